The monoisotopic (exact) mass is 705 g/mol. The van der Waals surface area contributed by atoms with E-state index in [1.165, 1.54) is 12.1 Å². The van der Waals surface area contributed by atoms with Crippen LogP contribution in [0.2, 0.25) is 10.0 Å². The molecule has 5 N–H and O–H groups in total. The van der Waals surface area contributed by atoms with Crippen LogP contribution < -0.4 is 20.9 Å². The van der Waals surface area contributed by atoms with Crippen molar-refractivity contribution in [3.8, 4) is 5.75 Å². The van der Waals surface area contributed by atoms with Crippen LogP contribution in [0, 0.1) is 6.92 Å². The number of hydrogen-bond donors (Lipinski definition) is 3. The van der Waals surface area contributed by atoms with Crippen molar-refractivity contribution in [2.45, 2.75) is 63.5 Å². The Morgan fingerprint density at radius 3 is 2.47 bits per heavy atom. The summed E-state index contributed by atoms with van der Waals surface area (Å²) in [4.78, 5) is 37.8. The number of guanidine groups is 1. The summed E-state index contributed by atoms with van der Waals surface area (Å²) in [5, 5.41) is 1.03. The van der Waals surface area contributed by atoms with Crippen molar-refractivity contribution in [2.75, 3.05) is 32.7 Å². The number of nitrogens with two attached hydrogens (primary N) is 2. The minimum atomic E-state index is -4.26. The molecule has 0 spiro atoms. The van der Waals surface area contributed by atoms with E-state index in [2.05, 4.69) is 14.7 Å². The molecule has 3 aromatic rings. The molecule has 1 atom stereocenters. The van der Waals surface area contributed by atoms with E-state index in [9.17, 15) is 18.0 Å². The zero-order valence-electron chi connectivity index (χ0n) is 26.5. The molecule has 4 rings (SSSR count). The van der Waals surface area contributed by atoms with E-state index in [1.54, 1.807) is 15.9 Å². The van der Waals surface area contributed by atoms with Crippen molar-refractivity contribution in [3.63, 3.8) is 0 Å². The number of hydrogen-bond acceptors (Lipinski definition) is 7. The van der Waals surface area contributed by atoms with Crippen molar-refractivity contribution >= 4 is 61.9 Å². The predicted molar refractivity (Wildman–Crippen MR) is 184 cm³/mol. The number of piperazine rings is 1. The quantitative estimate of drug-likeness (QED) is 0.128. The molecule has 15 heteroatoms. The fraction of sp³-hybridized carbons (Fsp3) is 0.438. The first kappa shape index (κ1) is 36.2. The molecule has 1 aliphatic heterocycles. The van der Waals surface area contributed by atoms with E-state index in [1.807, 2.05) is 38.1 Å². The van der Waals surface area contributed by atoms with Crippen LogP contribution >= 0.6 is 23.2 Å². The van der Waals surface area contributed by atoms with E-state index in [0.29, 0.717) is 50.2 Å². The lowest BCUT2D eigenvalue weighted by atomic mass is 10.1. The summed E-state index contributed by atoms with van der Waals surface area (Å²) in [7, 11) is -4.26. The van der Waals surface area contributed by atoms with E-state index in [-0.39, 0.29) is 64.4 Å². The van der Waals surface area contributed by atoms with E-state index >= 15 is 0 Å². The number of amides is 2. The molecule has 0 saturated carbocycles. The highest BCUT2D eigenvalue weighted by molar-refractivity contribution is 7.89. The number of para-hydroxylation sites is 1. The van der Waals surface area contributed by atoms with Crippen LogP contribution in [0.5, 0.6) is 5.75 Å². The molecule has 2 amide bonds. The first-order valence-electron chi connectivity index (χ1n) is 15.5. The molecule has 0 bridgehead atoms. The van der Waals surface area contributed by atoms with Gasteiger partial charge in [0.25, 0.3) is 0 Å². The standard InChI is InChI=1S/C32H41Cl2N7O5S/c1-3-4-8-25(31(43)41-18-16-40(17-19-41)28(42)10-6-15-37-32(35)36)39-47(44,45)27-14-13-24(33)23(29(27)34)20-46-26-9-5-7-22-12-11-21(2)38-30(22)26/h5,7,9,11-14,25,39H,3-4,6,8,10,15-20H2,1-2H3,(H4,35,36,37)/t25-/m1/s1. The Balaban J connectivity index is 1.45. The highest BCUT2D eigenvalue weighted by Gasteiger charge is 2.33. The van der Waals surface area contributed by atoms with Gasteiger partial charge in [0.1, 0.15) is 28.8 Å². The summed E-state index contributed by atoms with van der Waals surface area (Å²) in [6.45, 7) is 5.36. The first-order valence-corrected chi connectivity index (χ1v) is 17.8. The van der Waals surface area contributed by atoms with Gasteiger partial charge in [-0.1, -0.05) is 61.2 Å². The number of benzene rings is 2. The number of halogens is 2. The van der Waals surface area contributed by atoms with Crippen molar-refractivity contribution < 1.29 is 22.7 Å². The molecule has 2 aromatic carbocycles. The molecule has 0 aliphatic carbocycles. The van der Waals surface area contributed by atoms with Gasteiger partial charge in [0.05, 0.1) is 5.02 Å². The molecule has 254 valence electrons. The van der Waals surface area contributed by atoms with Crippen LogP contribution in [0.1, 0.15) is 50.3 Å². The number of carbonyl (C=O) groups is 2. The van der Waals surface area contributed by atoms with E-state index in [0.717, 1.165) is 17.5 Å². The van der Waals surface area contributed by atoms with Crippen LogP contribution in [-0.4, -0.2) is 79.7 Å². The number of nitrogens with zero attached hydrogens (tertiary/aromatic N) is 4. The minimum Gasteiger partial charge on any atom is -0.487 e. The highest BCUT2D eigenvalue weighted by Crippen LogP contribution is 2.33. The van der Waals surface area contributed by atoms with Gasteiger partial charge < -0.3 is 26.0 Å². The molecular formula is C32H41Cl2N7O5S. The van der Waals surface area contributed by atoms with Gasteiger partial charge in [-0.2, -0.15) is 4.72 Å². The molecular weight excluding hydrogens is 665 g/mol. The Hall–Kier alpha value is -3.65. The zero-order valence-corrected chi connectivity index (χ0v) is 28.9. The Labute approximate surface area is 285 Å². The lowest BCUT2D eigenvalue weighted by Gasteiger charge is -2.36. The van der Waals surface area contributed by atoms with E-state index < -0.39 is 16.1 Å². The molecule has 1 aliphatic rings. The van der Waals surface area contributed by atoms with Crippen LogP contribution in [0.3, 0.4) is 0 Å². The Bertz CT molecular complexity index is 1730. The van der Waals surface area contributed by atoms with Gasteiger partial charge in [0, 0.05) is 60.8 Å². The summed E-state index contributed by atoms with van der Waals surface area (Å²) in [6, 6.07) is 11.1. The number of aromatic nitrogens is 1. The summed E-state index contributed by atoms with van der Waals surface area (Å²) >= 11 is 13.1. The molecule has 1 fully saturated rings. The summed E-state index contributed by atoms with van der Waals surface area (Å²) in [5.74, 6) is 0.0856. The maximum Gasteiger partial charge on any atom is 0.242 e. The average Bonchev–Trinajstić information content (AvgIpc) is 3.04. The van der Waals surface area contributed by atoms with E-state index in [4.69, 9.17) is 39.4 Å². The Morgan fingerprint density at radius 2 is 1.77 bits per heavy atom. The number of aliphatic imine (C=N–C) groups is 1. The largest absolute Gasteiger partial charge is 0.487 e. The average molecular weight is 707 g/mol. The topological polar surface area (TPSA) is 173 Å². The van der Waals surface area contributed by atoms with Crippen LogP contribution in [0.4, 0.5) is 0 Å². The normalized spacial score (nSPS) is 14.2. The summed E-state index contributed by atoms with van der Waals surface area (Å²) < 4.78 is 36.1. The number of unbranched alkanes of at least 4 members (excludes halogenated alkanes) is 1. The zero-order chi connectivity index (χ0) is 34.1. The molecule has 12 nitrogen and oxygen atoms in total. The number of ether oxygens (including phenoxy) is 1. The van der Waals surface area contributed by atoms with Gasteiger partial charge in [0.15, 0.2) is 5.96 Å². The first-order chi connectivity index (χ1) is 22.4. The predicted octanol–water partition coefficient (Wildman–Crippen LogP) is 3.99. The fourth-order valence-corrected chi connectivity index (χ4v) is 7.40. The van der Waals surface area contributed by atoms with Gasteiger partial charge in [-0.3, -0.25) is 14.6 Å². The van der Waals surface area contributed by atoms with Crippen LogP contribution in [0.15, 0.2) is 52.4 Å². The van der Waals surface area contributed by atoms with Crippen molar-refractivity contribution in [3.05, 3.63) is 63.8 Å². The maximum absolute atomic E-state index is 13.7. The second-order valence-electron chi connectivity index (χ2n) is 11.3. The number of pyridine rings is 1. The van der Waals surface area contributed by atoms with Crippen LogP contribution in [-0.2, 0) is 26.2 Å². The van der Waals surface area contributed by atoms with Gasteiger partial charge in [0.2, 0.25) is 21.8 Å². The third-order valence-electron chi connectivity index (χ3n) is 7.86. The number of nitrogens with one attached hydrogen (secondary N) is 1. The Morgan fingerprint density at radius 1 is 1.04 bits per heavy atom. The van der Waals surface area contributed by atoms with Crippen molar-refractivity contribution in [1.82, 2.24) is 19.5 Å². The van der Waals surface area contributed by atoms with Gasteiger partial charge in [-0.15, -0.1) is 0 Å². The smallest absolute Gasteiger partial charge is 0.242 e. The number of fused-ring (bicyclic) bond motifs is 1. The van der Waals surface area contributed by atoms with Crippen molar-refractivity contribution in [2.24, 2.45) is 16.5 Å². The number of sulfonamides is 1. The molecule has 47 heavy (non-hydrogen) atoms. The summed E-state index contributed by atoms with van der Waals surface area (Å²) in [5.41, 5.74) is 12.4. The number of rotatable bonds is 14. The summed E-state index contributed by atoms with van der Waals surface area (Å²) in [6.07, 6.45) is 2.49. The van der Waals surface area contributed by atoms with Crippen LogP contribution in [0.25, 0.3) is 10.9 Å². The van der Waals surface area contributed by atoms with Crippen molar-refractivity contribution in [1.29, 1.82) is 0 Å². The lowest BCUT2D eigenvalue weighted by molar-refractivity contribution is -0.140. The second-order valence-corrected chi connectivity index (χ2v) is 13.8. The highest BCUT2D eigenvalue weighted by atomic mass is 35.5. The number of carbonyl (C=O) groups excluding carboxylic acids is 2. The molecule has 2 heterocycles. The Kier molecular flexibility index (Phi) is 12.7. The third kappa shape index (κ3) is 9.47. The number of aryl methyl sites for hydroxylation is 1. The second kappa shape index (κ2) is 16.4. The van der Waals surface area contributed by atoms with Gasteiger partial charge in [-0.25, -0.2) is 13.4 Å². The maximum atomic E-state index is 13.7. The molecule has 1 aromatic heterocycles. The van der Waals surface area contributed by atoms with Gasteiger partial charge >= 0.3 is 0 Å². The molecule has 0 radical (unpaired) electrons. The SMILES string of the molecule is CCCC[C@@H](NS(=O)(=O)c1ccc(Cl)c(COc2cccc3ccc(C)nc23)c1Cl)C(=O)N1CCN(C(=O)CCCN=C(N)N)CC1. The minimum absolute atomic E-state index is 0.0182. The van der Waals surface area contributed by atoms with Gasteiger partial charge in [-0.05, 0) is 44.0 Å². The fourth-order valence-electron chi connectivity index (χ4n) is 5.28. The third-order valence-corrected chi connectivity index (χ3v) is 10.3. The molecule has 1 saturated heterocycles. The lowest BCUT2D eigenvalue weighted by Crippen LogP contribution is -2.55. The molecule has 0 unspecified atom stereocenters.